The van der Waals surface area contributed by atoms with Gasteiger partial charge in [-0.3, -0.25) is 0 Å². The second kappa shape index (κ2) is 4.67. The summed E-state index contributed by atoms with van der Waals surface area (Å²) < 4.78 is 5.20. The van der Waals surface area contributed by atoms with Crippen LogP contribution in [0.2, 0.25) is 0 Å². The molecule has 2 nitrogen and oxygen atoms in total. The summed E-state index contributed by atoms with van der Waals surface area (Å²) in [5.74, 6) is 1.85. The summed E-state index contributed by atoms with van der Waals surface area (Å²) in [6, 6.07) is 8.06. The molecule has 0 aliphatic heterocycles. The third kappa shape index (κ3) is 2.15. The van der Waals surface area contributed by atoms with Gasteiger partial charge in [0.25, 0.3) is 0 Å². The third-order valence-corrected chi connectivity index (χ3v) is 3.44. The zero-order valence-corrected chi connectivity index (χ0v) is 9.15. The Labute approximate surface area is 90.9 Å². The molecule has 1 unspecified atom stereocenters. The van der Waals surface area contributed by atoms with Gasteiger partial charge in [-0.15, -0.1) is 0 Å². The Hall–Kier alpha value is -1.02. The number of rotatable bonds is 4. The molecule has 0 spiro atoms. The Kier molecular flexibility index (Phi) is 3.27. The lowest BCUT2D eigenvalue weighted by Gasteiger charge is -2.33. The Morgan fingerprint density at radius 1 is 1.47 bits per heavy atom. The van der Waals surface area contributed by atoms with Crippen LogP contribution in [0.5, 0.6) is 5.75 Å². The first-order valence-electron chi connectivity index (χ1n) is 5.60. The van der Waals surface area contributed by atoms with E-state index in [9.17, 15) is 5.11 Å². The molecular weight excluding hydrogens is 188 g/mol. The van der Waals surface area contributed by atoms with Crippen LogP contribution in [0.3, 0.4) is 0 Å². The zero-order valence-electron chi connectivity index (χ0n) is 9.15. The van der Waals surface area contributed by atoms with Gasteiger partial charge in [0.2, 0.25) is 0 Å². The predicted molar refractivity (Wildman–Crippen MR) is 60.2 cm³/mol. The van der Waals surface area contributed by atoms with E-state index in [0.29, 0.717) is 11.8 Å². The summed E-state index contributed by atoms with van der Waals surface area (Å²) in [5.41, 5.74) is 1.21. The minimum Gasteiger partial charge on any atom is -0.497 e. The molecule has 1 fully saturated rings. The fourth-order valence-electron chi connectivity index (χ4n) is 2.24. The normalized spacial score (nSPS) is 18.3. The van der Waals surface area contributed by atoms with Crippen LogP contribution in [0.4, 0.5) is 0 Å². The molecule has 0 aromatic heterocycles. The largest absolute Gasteiger partial charge is 0.497 e. The quantitative estimate of drug-likeness (QED) is 0.820. The minimum atomic E-state index is 0.248. The number of hydrogen-bond donors (Lipinski definition) is 1. The second-order valence-corrected chi connectivity index (χ2v) is 4.26. The van der Waals surface area contributed by atoms with Gasteiger partial charge in [-0.25, -0.2) is 0 Å². The second-order valence-electron chi connectivity index (χ2n) is 4.26. The van der Waals surface area contributed by atoms with Crippen molar-refractivity contribution in [3.05, 3.63) is 29.8 Å². The van der Waals surface area contributed by atoms with Crippen molar-refractivity contribution in [2.24, 2.45) is 5.92 Å². The fraction of sp³-hybridized carbons (Fsp3) is 0.538. The van der Waals surface area contributed by atoms with Crippen molar-refractivity contribution >= 4 is 0 Å². The van der Waals surface area contributed by atoms with Crippen LogP contribution in [0.15, 0.2) is 24.3 Å². The fourth-order valence-corrected chi connectivity index (χ4v) is 2.24. The van der Waals surface area contributed by atoms with E-state index in [1.807, 2.05) is 18.2 Å². The van der Waals surface area contributed by atoms with Crippen LogP contribution < -0.4 is 4.74 Å². The monoisotopic (exact) mass is 206 g/mol. The van der Waals surface area contributed by atoms with E-state index < -0.39 is 0 Å². The average Bonchev–Trinajstić information content (AvgIpc) is 2.23. The lowest BCUT2D eigenvalue weighted by Crippen LogP contribution is -2.23. The minimum absolute atomic E-state index is 0.248. The first-order valence-corrected chi connectivity index (χ1v) is 5.60. The maximum absolute atomic E-state index is 9.44. The molecule has 1 aromatic carbocycles. The highest BCUT2D eigenvalue weighted by Gasteiger charge is 2.27. The molecule has 82 valence electrons. The van der Waals surface area contributed by atoms with Crippen molar-refractivity contribution in [1.82, 2.24) is 0 Å². The summed E-state index contributed by atoms with van der Waals surface area (Å²) in [6.45, 7) is 0.248. The van der Waals surface area contributed by atoms with Gasteiger partial charge in [-0.2, -0.15) is 0 Å². The summed E-state index contributed by atoms with van der Waals surface area (Å²) in [4.78, 5) is 0. The number of hydrogen-bond acceptors (Lipinski definition) is 2. The molecule has 0 bridgehead atoms. The molecule has 1 aliphatic carbocycles. The predicted octanol–water partition coefficient (Wildman–Crippen LogP) is 2.57. The highest BCUT2D eigenvalue weighted by atomic mass is 16.5. The molecule has 0 radical (unpaired) electrons. The lowest BCUT2D eigenvalue weighted by atomic mass is 9.73. The van der Waals surface area contributed by atoms with Gasteiger partial charge in [0.15, 0.2) is 0 Å². The van der Waals surface area contributed by atoms with Crippen molar-refractivity contribution in [3.63, 3.8) is 0 Å². The summed E-state index contributed by atoms with van der Waals surface area (Å²) in [5, 5.41) is 9.44. The van der Waals surface area contributed by atoms with Crippen molar-refractivity contribution < 1.29 is 9.84 Å². The summed E-state index contributed by atoms with van der Waals surface area (Å²) in [7, 11) is 1.68. The number of ether oxygens (including phenoxy) is 1. The molecule has 0 heterocycles. The maximum atomic E-state index is 9.44. The Morgan fingerprint density at radius 2 is 2.27 bits per heavy atom. The Bertz CT molecular complexity index is 318. The summed E-state index contributed by atoms with van der Waals surface area (Å²) >= 11 is 0. The number of benzene rings is 1. The van der Waals surface area contributed by atoms with Crippen LogP contribution in [0.1, 0.15) is 30.7 Å². The van der Waals surface area contributed by atoms with Gasteiger partial charge in [0.1, 0.15) is 5.75 Å². The van der Waals surface area contributed by atoms with E-state index >= 15 is 0 Å². The standard InChI is InChI=1S/C13H18O2/c1-15-12-7-3-6-11(8-12)13(9-14)10-4-2-5-10/h3,6-8,10,13-14H,2,4-5,9H2,1H3. The zero-order chi connectivity index (χ0) is 10.7. The van der Waals surface area contributed by atoms with E-state index in [0.717, 1.165) is 5.75 Å². The van der Waals surface area contributed by atoms with Gasteiger partial charge < -0.3 is 9.84 Å². The number of methoxy groups -OCH3 is 1. The highest BCUT2D eigenvalue weighted by molar-refractivity contribution is 5.31. The first kappa shape index (κ1) is 10.5. The van der Waals surface area contributed by atoms with Crippen LogP contribution >= 0.6 is 0 Å². The van der Waals surface area contributed by atoms with E-state index in [4.69, 9.17) is 4.74 Å². The Balaban J connectivity index is 2.17. The van der Waals surface area contributed by atoms with Gasteiger partial charge >= 0.3 is 0 Å². The molecule has 1 aliphatic rings. The molecule has 1 saturated carbocycles. The van der Waals surface area contributed by atoms with Gasteiger partial charge in [0, 0.05) is 5.92 Å². The SMILES string of the molecule is COc1cccc(C(CO)C2CCC2)c1. The molecular formula is C13H18O2. The third-order valence-electron chi connectivity index (χ3n) is 3.44. The van der Waals surface area contributed by atoms with Crippen molar-refractivity contribution in [3.8, 4) is 5.75 Å². The number of aliphatic hydroxyl groups is 1. The number of aliphatic hydroxyl groups excluding tert-OH is 1. The molecule has 1 atom stereocenters. The highest BCUT2D eigenvalue weighted by Crippen LogP contribution is 2.39. The van der Waals surface area contributed by atoms with E-state index in [1.165, 1.54) is 24.8 Å². The van der Waals surface area contributed by atoms with Crippen molar-refractivity contribution in [2.75, 3.05) is 13.7 Å². The first-order chi connectivity index (χ1) is 7.35. The molecule has 2 rings (SSSR count). The molecule has 15 heavy (non-hydrogen) atoms. The van der Waals surface area contributed by atoms with E-state index in [2.05, 4.69) is 6.07 Å². The molecule has 2 heteroatoms. The average molecular weight is 206 g/mol. The van der Waals surface area contributed by atoms with Crippen molar-refractivity contribution in [2.45, 2.75) is 25.2 Å². The molecule has 0 saturated heterocycles. The van der Waals surface area contributed by atoms with Crippen molar-refractivity contribution in [1.29, 1.82) is 0 Å². The van der Waals surface area contributed by atoms with Crippen LogP contribution in [-0.4, -0.2) is 18.8 Å². The molecule has 0 amide bonds. The summed E-state index contributed by atoms with van der Waals surface area (Å²) in [6.07, 6.45) is 3.82. The van der Waals surface area contributed by atoms with E-state index in [-0.39, 0.29) is 6.61 Å². The maximum Gasteiger partial charge on any atom is 0.119 e. The smallest absolute Gasteiger partial charge is 0.119 e. The Morgan fingerprint density at radius 3 is 2.80 bits per heavy atom. The van der Waals surface area contributed by atoms with Gasteiger partial charge in [0.05, 0.1) is 13.7 Å². The lowest BCUT2D eigenvalue weighted by molar-refractivity contribution is 0.173. The van der Waals surface area contributed by atoms with Crippen LogP contribution in [0.25, 0.3) is 0 Å². The van der Waals surface area contributed by atoms with Crippen LogP contribution in [-0.2, 0) is 0 Å². The van der Waals surface area contributed by atoms with Crippen LogP contribution in [0, 0.1) is 5.92 Å². The molecule has 1 N–H and O–H groups in total. The topological polar surface area (TPSA) is 29.5 Å². The van der Waals surface area contributed by atoms with Gasteiger partial charge in [-0.1, -0.05) is 18.6 Å². The van der Waals surface area contributed by atoms with E-state index in [1.54, 1.807) is 7.11 Å². The molecule has 1 aromatic rings. The van der Waals surface area contributed by atoms with Gasteiger partial charge in [-0.05, 0) is 36.5 Å².